The van der Waals surface area contributed by atoms with Crippen molar-refractivity contribution in [1.82, 2.24) is 0 Å². The van der Waals surface area contributed by atoms with Crippen molar-refractivity contribution in [2.75, 3.05) is 0 Å². The molecule has 4 aliphatic rings. The van der Waals surface area contributed by atoms with E-state index in [1.165, 1.54) is 38.5 Å². The van der Waals surface area contributed by atoms with Crippen LogP contribution in [0.3, 0.4) is 0 Å². The third kappa shape index (κ3) is 2.07. The van der Waals surface area contributed by atoms with E-state index in [1.54, 1.807) is 0 Å². The second-order valence-electron chi connectivity index (χ2n) is 6.68. The first-order valence-corrected chi connectivity index (χ1v) is 11.4. The van der Waals surface area contributed by atoms with E-state index in [-0.39, 0.29) is 0 Å². The minimum Gasteiger partial charge on any atom is -0.0889 e. The summed E-state index contributed by atoms with van der Waals surface area (Å²) in [5.74, 6) is 4.02. The highest BCUT2D eigenvalue weighted by Crippen LogP contribution is 2.60. The number of halogens is 2. The first-order valence-electron chi connectivity index (χ1n) is 7.34. The SMILES string of the molecule is Br[C@@H]1[C@@H]2CC[C@@H](C2)[C@H]1SS[C@H]1[C@@H]2CC[C@@H](C2)[C@@H]1Br. The van der Waals surface area contributed by atoms with Gasteiger partial charge < -0.3 is 0 Å². The standard InChI is InChI=1S/C14H20Br2S2/c15-11-7-1-3-9(5-7)13(11)17-18-14-10-4-2-8(6-10)12(14)16/h7-14H,1-6H2/t7-,8+,9+,10-,11-,12+,13-,14+. The highest BCUT2D eigenvalue weighted by atomic mass is 79.9. The van der Waals surface area contributed by atoms with Crippen molar-refractivity contribution in [3.8, 4) is 0 Å². The van der Waals surface area contributed by atoms with Gasteiger partial charge in [0.05, 0.1) is 0 Å². The van der Waals surface area contributed by atoms with E-state index in [0.717, 1.165) is 43.8 Å². The molecule has 0 nitrogen and oxygen atoms in total. The fourth-order valence-corrected chi connectivity index (χ4v) is 12.2. The summed E-state index contributed by atoms with van der Waals surface area (Å²) in [6.07, 6.45) is 8.97. The van der Waals surface area contributed by atoms with Crippen LogP contribution in [-0.4, -0.2) is 20.2 Å². The Hall–Kier alpha value is 1.66. The molecule has 4 saturated carbocycles. The van der Waals surface area contributed by atoms with Gasteiger partial charge in [0, 0.05) is 20.2 Å². The molecule has 0 amide bonds. The van der Waals surface area contributed by atoms with Gasteiger partial charge in [0.2, 0.25) is 0 Å². The molecule has 4 fully saturated rings. The number of rotatable bonds is 3. The smallest absolute Gasteiger partial charge is 0.0307 e. The van der Waals surface area contributed by atoms with Gasteiger partial charge in [-0.2, -0.15) is 0 Å². The van der Waals surface area contributed by atoms with Gasteiger partial charge in [0.1, 0.15) is 0 Å². The molecular formula is C14H20Br2S2. The predicted molar refractivity (Wildman–Crippen MR) is 89.9 cm³/mol. The lowest BCUT2D eigenvalue weighted by Crippen LogP contribution is -2.27. The number of hydrogen-bond donors (Lipinski definition) is 0. The minimum absolute atomic E-state index is 0.807. The normalized spacial score (nSPS) is 57.7. The fourth-order valence-electron chi connectivity index (χ4n) is 4.73. The first kappa shape index (κ1) is 13.3. The lowest BCUT2D eigenvalue weighted by atomic mass is 10.0. The van der Waals surface area contributed by atoms with Crippen LogP contribution < -0.4 is 0 Å². The zero-order chi connectivity index (χ0) is 12.3. The average molecular weight is 412 g/mol. The van der Waals surface area contributed by atoms with E-state index in [2.05, 4.69) is 53.4 Å². The Morgan fingerprint density at radius 2 is 1.00 bits per heavy atom. The quantitative estimate of drug-likeness (QED) is 0.444. The zero-order valence-corrected chi connectivity index (χ0v) is 15.2. The largest absolute Gasteiger partial charge is 0.0889 e. The van der Waals surface area contributed by atoms with Crippen LogP contribution in [0.25, 0.3) is 0 Å². The number of fused-ring (bicyclic) bond motifs is 4. The van der Waals surface area contributed by atoms with E-state index in [9.17, 15) is 0 Å². The Morgan fingerprint density at radius 1 is 0.611 bits per heavy atom. The molecule has 0 aromatic heterocycles. The highest BCUT2D eigenvalue weighted by molar-refractivity contribution is 9.10. The summed E-state index contributed by atoms with van der Waals surface area (Å²) in [6, 6.07) is 0. The lowest BCUT2D eigenvalue weighted by Gasteiger charge is -2.30. The molecule has 0 spiro atoms. The van der Waals surface area contributed by atoms with Gasteiger partial charge in [-0.15, -0.1) is 0 Å². The van der Waals surface area contributed by atoms with E-state index in [1.807, 2.05) is 0 Å². The van der Waals surface area contributed by atoms with Crippen molar-refractivity contribution < 1.29 is 0 Å². The third-order valence-electron chi connectivity index (χ3n) is 5.76. The lowest BCUT2D eigenvalue weighted by molar-refractivity contribution is 0.507. The van der Waals surface area contributed by atoms with Crippen LogP contribution in [0.1, 0.15) is 38.5 Å². The Morgan fingerprint density at radius 3 is 1.33 bits per heavy atom. The summed E-state index contributed by atoms with van der Waals surface area (Å²) >= 11 is 7.96. The Bertz CT molecular complexity index is 302. The molecular weight excluding hydrogens is 392 g/mol. The van der Waals surface area contributed by atoms with E-state index >= 15 is 0 Å². The Labute approximate surface area is 135 Å². The topological polar surface area (TPSA) is 0 Å². The van der Waals surface area contributed by atoms with Gasteiger partial charge in [0.25, 0.3) is 0 Å². The molecule has 4 heteroatoms. The van der Waals surface area contributed by atoms with Crippen LogP contribution in [-0.2, 0) is 0 Å². The molecule has 4 rings (SSSR count). The molecule has 4 bridgehead atoms. The molecule has 0 heterocycles. The second kappa shape index (κ2) is 5.14. The maximum atomic E-state index is 3.98. The van der Waals surface area contributed by atoms with Crippen molar-refractivity contribution in [3.05, 3.63) is 0 Å². The summed E-state index contributed by atoms with van der Waals surface area (Å²) in [7, 11) is 4.47. The van der Waals surface area contributed by atoms with Crippen molar-refractivity contribution in [2.24, 2.45) is 23.7 Å². The van der Waals surface area contributed by atoms with Gasteiger partial charge in [-0.25, -0.2) is 0 Å². The van der Waals surface area contributed by atoms with E-state index in [0.29, 0.717) is 0 Å². The molecule has 102 valence electrons. The molecule has 8 atom stereocenters. The average Bonchev–Trinajstić information content (AvgIpc) is 3.08. The van der Waals surface area contributed by atoms with Crippen LogP contribution in [0.15, 0.2) is 0 Å². The minimum atomic E-state index is 0.807. The van der Waals surface area contributed by atoms with Gasteiger partial charge in [-0.3, -0.25) is 0 Å². The molecule has 0 aromatic rings. The molecule has 0 radical (unpaired) electrons. The van der Waals surface area contributed by atoms with Gasteiger partial charge in [-0.1, -0.05) is 53.4 Å². The van der Waals surface area contributed by atoms with Gasteiger partial charge in [0.15, 0.2) is 0 Å². The van der Waals surface area contributed by atoms with Crippen molar-refractivity contribution >= 4 is 53.4 Å². The van der Waals surface area contributed by atoms with Gasteiger partial charge in [-0.05, 0) is 62.2 Å². The molecule has 0 N–H and O–H groups in total. The van der Waals surface area contributed by atoms with Gasteiger partial charge >= 0.3 is 0 Å². The summed E-state index contributed by atoms with van der Waals surface area (Å²) < 4.78 is 0. The molecule has 0 aromatic carbocycles. The number of hydrogen-bond acceptors (Lipinski definition) is 2. The summed E-state index contributed by atoms with van der Waals surface area (Å²) in [5.41, 5.74) is 0. The van der Waals surface area contributed by atoms with Crippen LogP contribution in [0.4, 0.5) is 0 Å². The second-order valence-corrected chi connectivity index (χ2v) is 11.4. The van der Waals surface area contributed by atoms with Crippen molar-refractivity contribution in [2.45, 2.75) is 58.7 Å². The fraction of sp³-hybridized carbons (Fsp3) is 1.00. The van der Waals surface area contributed by atoms with Crippen LogP contribution in [0.2, 0.25) is 0 Å². The maximum Gasteiger partial charge on any atom is 0.0307 e. The number of alkyl halides is 2. The summed E-state index contributed by atoms with van der Waals surface area (Å²) in [4.78, 5) is 1.61. The third-order valence-corrected chi connectivity index (χ3v) is 12.7. The van der Waals surface area contributed by atoms with E-state index in [4.69, 9.17) is 0 Å². The molecule has 0 aliphatic heterocycles. The van der Waals surface area contributed by atoms with E-state index < -0.39 is 0 Å². The predicted octanol–water partition coefficient (Wildman–Crippen LogP) is 5.49. The van der Waals surface area contributed by atoms with Crippen LogP contribution in [0.5, 0.6) is 0 Å². The molecule has 18 heavy (non-hydrogen) atoms. The summed E-state index contributed by atoms with van der Waals surface area (Å²) in [5, 5.41) is 1.79. The zero-order valence-electron chi connectivity index (χ0n) is 10.4. The maximum absolute atomic E-state index is 3.98. The monoisotopic (exact) mass is 410 g/mol. The Balaban J connectivity index is 1.36. The molecule has 0 saturated heterocycles. The first-order chi connectivity index (χ1) is 8.74. The van der Waals surface area contributed by atoms with Crippen LogP contribution in [0, 0.1) is 23.7 Å². The van der Waals surface area contributed by atoms with Crippen LogP contribution >= 0.6 is 53.4 Å². The summed E-state index contributed by atoms with van der Waals surface area (Å²) in [6.45, 7) is 0. The Kier molecular flexibility index (Phi) is 3.80. The molecule has 4 aliphatic carbocycles. The highest BCUT2D eigenvalue weighted by Gasteiger charge is 2.50. The van der Waals surface area contributed by atoms with Crippen molar-refractivity contribution in [1.29, 1.82) is 0 Å². The molecule has 0 unspecified atom stereocenters. The van der Waals surface area contributed by atoms with Crippen molar-refractivity contribution in [3.63, 3.8) is 0 Å².